The van der Waals surface area contributed by atoms with Crippen LogP contribution in [-0.4, -0.2) is 29.9 Å². The summed E-state index contributed by atoms with van der Waals surface area (Å²) in [6.45, 7) is 0. The summed E-state index contributed by atoms with van der Waals surface area (Å²) in [7, 11) is 0. The highest BCUT2D eigenvalue weighted by atomic mass is 32.1. The predicted molar refractivity (Wildman–Crippen MR) is 405 cm³/mol. The van der Waals surface area contributed by atoms with Crippen LogP contribution in [0.25, 0.3) is 178 Å². The number of hydrogen-bond donors (Lipinski definition) is 0. The number of benzene rings is 14. The Kier molecular flexibility index (Phi) is 14.7. The Morgan fingerprint density at radius 2 is 0.551 bits per heavy atom. The van der Waals surface area contributed by atoms with E-state index in [9.17, 15) is 0 Å². The summed E-state index contributed by atoms with van der Waals surface area (Å²) in [5.41, 5.74) is 26.0. The number of hydrogen-bond acceptors (Lipinski definition) is 7. The molecule has 3 heterocycles. The van der Waals surface area contributed by atoms with Crippen LogP contribution in [0.2, 0.25) is 0 Å². The lowest BCUT2D eigenvalue weighted by Crippen LogP contribution is -2.02. The zero-order valence-corrected chi connectivity index (χ0v) is 53.9. The highest BCUT2D eigenvalue weighted by molar-refractivity contribution is 7.26. The van der Waals surface area contributed by atoms with Crippen LogP contribution in [0.15, 0.2) is 340 Å². The molecule has 18 rings (SSSR count). The number of fused-ring (bicyclic) bond motifs is 6. The maximum absolute atomic E-state index is 5.53. The predicted octanol–water partition coefficient (Wildman–Crippen LogP) is 23.7. The minimum atomic E-state index is 0.575. The van der Waals surface area contributed by atoms with Crippen molar-refractivity contribution in [3.05, 3.63) is 351 Å². The van der Waals surface area contributed by atoms with Crippen LogP contribution in [0.5, 0.6) is 0 Å². The molecule has 3 aromatic heterocycles. The van der Waals surface area contributed by atoms with Crippen LogP contribution < -0.4 is 0 Å². The Labute approximate surface area is 572 Å². The minimum absolute atomic E-state index is 0.575. The first-order valence-electron chi connectivity index (χ1n) is 33.1. The zero-order valence-electron chi connectivity index (χ0n) is 53.1. The molecule has 6 nitrogen and oxygen atoms in total. The Morgan fingerprint density at radius 1 is 0.194 bits per heavy atom. The second-order valence-corrected chi connectivity index (χ2v) is 25.9. The van der Waals surface area contributed by atoms with Crippen LogP contribution in [0.1, 0.15) is 11.1 Å². The monoisotopic (exact) mass is 1270 g/mol. The molecular formula is C91H58N6S. The fourth-order valence-electron chi connectivity index (χ4n) is 14.0. The second-order valence-electron chi connectivity index (χ2n) is 24.9. The molecule has 0 spiro atoms. The zero-order chi connectivity index (χ0) is 64.9. The molecule has 0 saturated carbocycles. The first kappa shape index (κ1) is 57.9. The molecule has 0 unspecified atom stereocenters. The summed E-state index contributed by atoms with van der Waals surface area (Å²) in [6, 6.07) is 121. The molecule has 7 heteroatoms. The lowest BCUT2D eigenvalue weighted by atomic mass is 9.88. The second kappa shape index (κ2) is 24.9. The number of nitrogens with zero attached hydrogens (tertiary/aromatic N) is 6. The maximum Gasteiger partial charge on any atom is 0.164 e. The first-order valence-corrected chi connectivity index (χ1v) is 33.9. The summed E-state index contributed by atoms with van der Waals surface area (Å²) in [6.07, 6.45) is 0.657. The van der Waals surface area contributed by atoms with Crippen molar-refractivity contribution in [1.82, 2.24) is 29.9 Å². The van der Waals surface area contributed by atoms with Gasteiger partial charge in [0.1, 0.15) is 0 Å². The minimum Gasteiger partial charge on any atom is -0.208 e. The lowest BCUT2D eigenvalue weighted by Gasteiger charge is -2.16. The van der Waals surface area contributed by atoms with Crippen LogP contribution in [0.3, 0.4) is 0 Å². The van der Waals surface area contributed by atoms with Crippen molar-refractivity contribution in [3.8, 4) is 157 Å². The van der Waals surface area contributed by atoms with Gasteiger partial charge in [0.25, 0.3) is 0 Å². The summed E-state index contributed by atoms with van der Waals surface area (Å²) in [4.78, 5) is 32.2. The topological polar surface area (TPSA) is 77.3 Å². The van der Waals surface area contributed by atoms with Crippen LogP contribution in [0, 0.1) is 0 Å². The third-order valence-corrected chi connectivity index (χ3v) is 20.1. The third kappa shape index (κ3) is 10.9. The van der Waals surface area contributed by atoms with Crippen LogP contribution in [0.4, 0.5) is 0 Å². The van der Waals surface area contributed by atoms with Crippen molar-refractivity contribution in [1.29, 1.82) is 0 Å². The van der Waals surface area contributed by atoms with E-state index in [1.54, 1.807) is 0 Å². The molecule has 0 bridgehead atoms. The number of thiophene rings is 1. The molecule has 458 valence electrons. The Bertz CT molecular complexity index is 5840. The molecule has 1 aliphatic rings. The first-order chi connectivity index (χ1) is 48.5. The highest BCUT2D eigenvalue weighted by Crippen LogP contribution is 2.51. The molecule has 0 radical (unpaired) electrons. The van der Waals surface area contributed by atoms with Gasteiger partial charge in [-0.3, -0.25) is 0 Å². The van der Waals surface area contributed by atoms with E-state index in [1.807, 2.05) is 53.8 Å². The van der Waals surface area contributed by atoms with Gasteiger partial charge >= 0.3 is 0 Å². The molecule has 0 saturated heterocycles. The van der Waals surface area contributed by atoms with E-state index in [4.69, 9.17) is 29.9 Å². The molecule has 0 aliphatic heterocycles. The molecule has 0 fully saturated rings. The molecule has 0 N–H and O–H groups in total. The fraction of sp³-hybridized carbons (Fsp3) is 0.0110. The van der Waals surface area contributed by atoms with Crippen molar-refractivity contribution in [3.63, 3.8) is 0 Å². The van der Waals surface area contributed by atoms with E-state index < -0.39 is 0 Å². The summed E-state index contributed by atoms with van der Waals surface area (Å²) >= 11 is 1.84. The number of rotatable bonds is 13. The van der Waals surface area contributed by atoms with E-state index in [0.29, 0.717) is 41.4 Å². The van der Waals surface area contributed by atoms with Crippen molar-refractivity contribution < 1.29 is 0 Å². The molecule has 14 aromatic carbocycles. The fourth-order valence-corrected chi connectivity index (χ4v) is 15.3. The van der Waals surface area contributed by atoms with Gasteiger partial charge in [-0.1, -0.05) is 309 Å². The van der Waals surface area contributed by atoms with Gasteiger partial charge in [0.05, 0.1) is 0 Å². The third-order valence-electron chi connectivity index (χ3n) is 18.9. The molecule has 0 amide bonds. The van der Waals surface area contributed by atoms with E-state index >= 15 is 0 Å². The molecule has 98 heavy (non-hydrogen) atoms. The van der Waals surface area contributed by atoms with Gasteiger partial charge in [-0.25, -0.2) is 29.9 Å². The Morgan fingerprint density at radius 3 is 1.13 bits per heavy atom. The van der Waals surface area contributed by atoms with Crippen molar-refractivity contribution >= 4 is 31.5 Å². The van der Waals surface area contributed by atoms with Crippen molar-refractivity contribution in [2.24, 2.45) is 0 Å². The molecule has 1 aliphatic carbocycles. The lowest BCUT2D eigenvalue weighted by molar-refractivity contribution is 1.07. The van der Waals surface area contributed by atoms with Crippen LogP contribution >= 0.6 is 11.3 Å². The van der Waals surface area contributed by atoms with Gasteiger partial charge in [0.15, 0.2) is 34.9 Å². The molecule has 17 aromatic rings. The average Bonchev–Trinajstić information content (AvgIpc) is 1.54. The normalized spacial score (nSPS) is 11.6. The van der Waals surface area contributed by atoms with Gasteiger partial charge in [0.2, 0.25) is 0 Å². The summed E-state index contributed by atoms with van der Waals surface area (Å²) in [5.74, 6) is 3.60. The van der Waals surface area contributed by atoms with Crippen LogP contribution in [-0.2, 0) is 6.42 Å². The van der Waals surface area contributed by atoms with E-state index in [2.05, 4.69) is 297 Å². The molecular weight excluding hydrogens is 1210 g/mol. The number of aromatic nitrogens is 6. The van der Waals surface area contributed by atoms with Gasteiger partial charge in [-0.2, -0.15) is 0 Å². The van der Waals surface area contributed by atoms with E-state index in [-0.39, 0.29) is 0 Å². The largest absolute Gasteiger partial charge is 0.208 e. The highest BCUT2D eigenvalue weighted by Gasteiger charge is 2.30. The summed E-state index contributed by atoms with van der Waals surface area (Å²) < 4.78 is 2.50. The van der Waals surface area contributed by atoms with E-state index in [0.717, 1.165) is 100 Å². The van der Waals surface area contributed by atoms with Crippen molar-refractivity contribution in [2.45, 2.75) is 6.42 Å². The van der Waals surface area contributed by atoms with E-state index in [1.165, 1.54) is 53.6 Å². The Hall–Kier alpha value is -12.7. The van der Waals surface area contributed by atoms with Gasteiger partial charge in [0, 0.05) is 60.0 Å². The molecule has 0 atom stereocenters. The smallest absolute Gasteiger partial charge is 0.164 e. The standard InChI is InChI=1S/C91H58N6S/c1-6-21-58(22-7-1)61-39-41-64(42-40-61)71-54-72(76-34-19-36-79-77-33-16-17-38-83(77)98-85(76)79)56-73(55-71)90-94-86(66-27-12-4-13-28-66)93-89(95-90)70-32-18-31-69(53-70)75-52-51-74(65-47-43-62(44-48-65)59-23-8-2-9-24-59)82-57-81-78(84(75)82)35-20-37-80(81)91-96-87(67-29-14-5-15-30-67)92-88(97-91)68-49-45-63(46-50-68)60-25-10-3-11-26-60/h1-56H,57H2. The van der Waals surface area contributed by atoms with Crippen molar-refractivity contribution in [2.75, 3.05) is 0 Å². The maximum atomic E-state index is 5.53. The Balaban J connectivity index is 0.788. The van der Waals surface area contributed by atoms with Gasteiger partial charge in [-0.05, 0) is 130 Å². The summed E-state index contributed by atoms with van der Waals surface area (Å²) in [5, 5.41) is 2.50. The van der Waals surface area contributed by atoms with Gasteiger partial charge in [-0.15, -0.1) is 11.3 Å². The van der Waals surface area contributed by atoms with Gasteiger partial charge < -0.3 is 0 Å². The average molecular weight is 1270 g/mol. The SMILES string of the molecule is c1ccc(-c2ccc(-c3cc(-c4nc(-c5ccccc5)nc(-c5cccc(-c6ccc(-c7ccc(-c8ccccc8)cc7)c7c6-c6cccc(-c8nc(-c9ccccc9)nc(-c9ccc(-c%10ccccc%10)cc9)n8)c6C7)c5)n4)cc(-c4cccc5c4sc4ccccc45)c3)cc2)cc1. The quantitative estimate of drug-likeness (QED) is 0.114.